The van der Waals surface area contributed by atoms with Gasteiger partial charge in [0.2, 0.25) is 5.91 Å². The molecule has 17 heavy (non-hydrogen) atoms. The maximum absolute atomic E-state index is 11.7. The van der Waals surface area contributed by atoms with E-state index in [0.717, 1.165) is 19.6 Å². The van der Waals surface area contributed by atoms with Crippen LogP contribution in [0.15, 0.2) is 0 Å². The van der Waals surface area contributed by atoms with Crippen molar-refractivity contribution in [2.45, 2.75) is 58.0 Å². The maximum atomic E-state index is 11.7. The van der Waals surface area contributed by atoms with E-state index >= 15 is 0 Å². The number of ether oxygens (including phenoxy) is 1. The molecule has 0 aromatic heterocycles. The van der Waals surface area contributed by atoms with Gasteiger partial charge in [-0.15, -0.1) is 0 Å². The summed E-state index contributed by atoms with van der Waals surface area (Å²) < 4.78 is 5.21. The average Bonchev–Trinajstić information content (AvgIpc) is 2.36. The molecule has 1 aliphatic heterocycles. The number of amides is 1. The fraction of sp³-hybridized carbons (Fsp3) is 0.923. The molecule has 1 heterocycles. The van der Waals surface area contributed by atoms with E-state index in [4.69, 9.17) is 4.74 Å². The summed E-state index contributed by atoms with van der Waals surface area (Å²) in [5.41, 5.74) is 0. The Kier molecular flexibility index (Phi) is 7.21. The molecule has 1 fully saturated rings. The summed E-state index contributed by atoms with van der Waals surface area (Å²) in [5, 5.41) is 6.53. The van der Waals surface area contributed by atoms with Gasteiger partial charge in [0.1, 0.15) is 0 Å². The second-order valence-electron chi connectivity index (χ2n) is 4.71. The number of hydrogen-bond donors (Lipinski definition) is 2. The molecule has 2 unspecified atom stereocenters. The zero-order valence-electron chi connectivity index (χ0n) is 11.1. The Morgan fingerprint density at radius 3 is 3.00 bits per heavy atom. The molecule has 0 spiro atoms. The van der Waals surface area contributed by atoms with Crippen molar-refractivity contribution >= 4 is 5.91 Å². The highest BCUT2D eigenvalue weighted by Gasteiger charge is 2.20. The first-order chi connectivity index (χ1) is 8.24. The monoisotopic (exact) mass is 242 g/mol. The van der Waals surface area contributed by atoms with Crippen molar-refractivity contribution in [1.29, 1.82) is 0 Å². The lowest BCUT2D eigenvalue weighted by atomic mass is 9.99. The van der Waals surface area contributed by atoms with E-state index in [2.05, 4.69) is 17.6 Å². The van der Waals surface area contributed by atoms with Crippen LogP contribution in [-0.2, 0) is 9.53 Å². The minimum absolute atomic E-state index is 0.143. The molecular weight excluding hydrogens is 216 g/mol. The van der Waals surface area contributed by atoms with Crippen LogP contribution >= 0.6 is 0 Å². The standard InChI is InChI=1S/C13H26N2O2/c1-3-17-10-6-8-13(16)15-11(2)12-7-4-5-9-14-12/h11-12,14H,3-10H2,1-2H3,(H,15,16). The summed E-state index contributed by atoms with van der Waals surface area (Å²) in [6.07, 6.45) is 5.07. The van der Waals surface area contributed by atoms with Crippen molar-refractivity contribution in [3.05, 3.63) is 0 Å². The van der Waals surface area contributed by atoms with Gasteiger partial charge in [-0.2, -0.15) is 0 Å². The third kappa shape index (κ3) is 6.03. The zero-order chi connectivity index (χ0) is 12.5. The molecule has 1 saturated heterocycles. The Balaban J connectivity index is 2.11. The third-order valence-electron chi connectivity index (χ3n) is 3.24. The average molecular weight is 242 g/mol. The Morgan fingerprint density at radius 2 is 2.35 bits per heavy atom. The molecule has 4 heteroatoms. The second kappa shape index (κ2) is 8.48. The lowest BCUT2D eigenvalue weighted by molar-refractivity contribution is -0.122. The molecule has 2 N–H and O–H groups in total. The van der Waals surface area contributed by atoms with Crippen LogP contribution in [0.2, 0.25) is 0 Å². The van der Waals surface area contributed by atoms with E-state index in [9.17, 15) is 4.79 Å². The molecule has 0 aromatic carbocycles. The van der Waals surface area contributed by atoms with Gasteiger partial charge >= 0.3 is 0 Å². The topological polar surface area (TPSA) is 50.4 Å². The van der Waals surface area contributed by atoms with Gasteiger partial charge in [-0.05, 0) is 39.7 Å². The zero-order valence-corrected chi connectivity index (χ0v) is 11.1. The van der Waals surface area contributed by atoms with Gasteiger partial charge in [-0.25, -0.2) is 0 Å². The van der Waals surface area contributed by atoms with Gasteiger partial charge in [0, 0.05) is 31.7 Å². The number of carbonyl (C=O) groups excluding carboxylic acids is 1. The SMILES string of the molecule is CCOCCCC(=O)NC(C)C1CCCCN1. The van der Waals surface area contributed by atoms with Gasteiger partial charge in [0.25, 0.3) is 0 Å². The van der Waals surface area contributed by atoms with Crippen LogP contribution in [0, 0.1) is 0 Å². The fourth-order valence-corrected chi connectivity index (χ4v) is 2.21. The molecule has 0 bridgehead atoms. The van der Waals surface area contributed by atoms with Gasteiger partial charge in [-0.3, -0.25) is 4.79 Å². The first-order valence-corrected chi connectivity index (χ1v) is 6.84. The summed E-state index contributed by atoms with van der Waals surface area (Å²) >= 11 is 0. The number of rotatable bonds is 7. The molecular formula is C13H26N2O2. The van der Waals surface area contributed by atoms with Crippen molar-refractivity contribution in [3.8, 4) is 0 Å². The maximum Gasteiger partial charge on any atom is 0.220 e. The number of piperidine rings is 1. The molecule has 4 nitrogen and oxygen atoms in total. The smallest absolute Gasteiger partial charge is 0.220 e. The van der Waals surface area contributed by atoms with Crippen molar-refractivity contribution < 1.29 is 9.53 Å². The Labute approximate surface area is 104 Å². The van der Waals surface area contributed by atoms with Crippen molar-refractivity contribution in [2.24, 2.45) is 0 Å². The Hall–Kier alpha value is -0.610. The molecule has 1 rings (SSSR count). The van der Waals surface area contributed by atoms with Gasteiger partial charge in [-0.1, -0.05) is 6.42 Å². The van der Waals surface area contributed by atoms with Gasteiger partial charge in [0.15, 0.2) is 0 Å². The Bertz CT molecular complexity index is 215. The summed E-state index contributed by atoms with van der Waals surface area (Å²) in [6, 6.07) is 0.675. The lowest BCUT2D eigenvalue weighted by Crippen LogP contribution is -2.50. The first kappa shape index (κ1) is 14.5. The summed E-state index contributed by atoms with van der Waals surface area (Å²) in [7, 11) is 0. The highest BCUT2D eigenvalue weighted by molar-refractivity contribution is 5.76. The highest BCUT2D eigenvalue weighted by atomic mass is 16.5. The predicted octanol–water partition coefficient (Wildman–Crippen LogP) is 1.45. The van der Waals surface area contributed by atoms with E-state index in [-0.39, 0.29) is 11.9 Å². The van der Waals surface area contributed by atoms with Crippen LogP contribution in [-0.4, -0.2) is 37.7 Å². The summed E-state index contributed by atoms with van der Waals surface area (Å²) in [6.45, 7) is 6.54. The van der Waals surface area contributed by atoms with Crippen molar-refractivity contribution in [2.75, 3.05) is 19.8 Å². The molecule has 0 radical (unpaired) electrons. The van der Waals surface area contributed by atoms with Crippen LogP contribution in [0.4, 0.5) is 0 Å². The first-order valence-electron chi connectivity index (χ1n) is 6.84. The van der Waals surface area contributed by atoms with Crippen molar-refractivity contribution in [3.63, 3.8) is 0 Å². The molecule has 1 aliphatic rings. The highest BCUT2D eigenvalue weighted by Crippen LogP contribution is 2.10. The molecule has 1 amide bonds. The quantitative estimate of drug-likeness (QED) is 0.664. The van der Waals surface area contributed by atoms with Crippen LogP contribution in [0.5, 0.6) is 0 Å². The van der Waals surface area contributed by atoms with E-state index in [0.29, 0.717) is 19.1 Å². The van der Waals surface area contributed by atoms with E-state index in [1.807, 2.05) is 6.92 Å². The molecule has 2 atom stereocenters. The predicted molar refractivity (Wildman–Crippen MR) is 69.0 cm³/mol. The molecule has 0 aliphatic carbocycles. The normalized spacial score (nSPS) is 22.1. The summed E-state index contributed by atoms with van der Waals surface area (Å²) in [4.78, 5) is 11.7. The van der Waals surface area contributed by atoms with E-state index in [1.54, 1.807) is 0 Å². The van der Waals surface area contributed by atoms with Gasteiger partial charge < -0.3 is 15.4 Å². The van der Waals surface area contributed by atoms with Crippen LogP contribution in [0.25, 0.3) is 0 Å². The van der Waals surface area contributed by atoms with Crippen LogP contribution in [0.3, 0.4) is 0 Å². The van der Waals surface area contributed by atoms with Gasteiger partial charge in [0.05, 0.1) is 0 Å². The fourth-order valence-electron chi connectivity index (χ4n) is 2.21. The second-order valence-corrected chi connectivity index (χ2v) is 4.71. The molecule has 100 valence electrons. The molecule has 0 aromatic rings. The van der Waals surface area contributed by atoms with E-state index in [1.165, 1.54) is 19.3 Å². The van der Waals surface area contributed by atoms with Crippen LogP contribution < -0.4 is 10.6 Å². The number of carbonyl (C=O) groups is 1. The minimum atomic E-state index is 0.143. The van der Waals surface area contributed by atoms with E-state index < -0.39 is 0 Å². The summed E-state index contributed by atoms with van der Waals surface area (Å²) in [5.74, 6) is 0.143. The largest absolute Gasteiger partial charge is 0.382 e. The number of hydrogen-bond acceptors (Lipinski definition) is 3. The third-order valence-corrected chi connectivity index (χ3v) is 3.24. The lowest BCUT2D eigenvalue weighted by Gasteiger charge is -2.29. The minimum Gasteiger partial charge on any atom is -0.382 e. The molecule has 0 saturated carbocycles. The number of nitrogens with one attached hydrogen (secondary N) is 2. The van der Waals surface area contributed by atoms with Crippen LogP contribution in [0.1, 0.15) is 46.0 Å². The Morgan fingerprint density at radius 1 is 1.53 bits per heavy atom. The van der Waals surface area contributed by atoms with Crippen molar-refractivity contribution in [1.82, 2.24) is 10.6 Å².